The van der Waals surface area contributed by atoms with E-state index in [0.29, 0.717) is 11.8 Å². The standard InChI is InChI=1S/C19H16N2O4/c1-25-19(24)12-6-7-13(11-22)17(8-12)21-18(23)9-14-10-20-16-5-3-2-4-15(14)16/h2-8,10-11,20H,9H2,1H3,(H,21,23). The van der Waals surface area contributed by atoms with Crippen molar-refractivity contribution in [2.75, 3.05) is 12.4 Å². The van der Waals surface area contributed by atoms with Crippen molar-refractivity contribution < 1.29 is 19.1 Å². The molecule has 0 spiro atoms. The first-order chi connectivity index (χ1) is 12.1. The number of carbonyl (C=O) groups is 3. The van der Waals surface area contributed by atoms with Gasteiger partial charge in [0.1, 0.15) is 0 Å². The number of anilines is 1. The third-order valence-corrected chi connectivity index (χ3v) is 3.90. The fourth-order valence-corrected chi connectivity index (χ4v) is 2.66. The van der Waals surface area contributed by atoms with Crippen molar-refractivity contribution in [3.63, 3.8) is 0 Å². The van der Waals surface area contributed by atoms with E-state index >= 15 is 0 Å². The van der Waals surface area contributed by atoms with Crippen LogP contribution in [0.15, 0.2) is 48.7 Å². The third kappa shape index (κ3) is 3.42. The Morgan fingerprint density at radius 3 is 2.76 bits per heavy atom. The predicted molar refractivity (Wildman–Crippen MR) is 93.8 cm³/mol. The number of H-pyrrole nitrogens is 1. The average molecular weight is 336 g/mol. The van der Waals surface area contributed by atoms with Crippen molar-refractivity contribution in [3.05, 3.63) is 65.4 Å². The number of amides is 1. The van der Waals surface area contributed by atoms with Gasteiger partial charge in [-0.05, 0) is 29.8 Å². The molecule has 0 radical (unpaired) electrons. The summed E-state index contributed by atoms with van der Waals surface area (Å²) < 4.78 is 4.66. The molecule has 0 saturated heterocycles. The second kappa shape index (κ2) is 7.00. The molecule has 3 aromatic rings. The number of fused-ring (bicyclic) bond motifs is 1. The molecule has 1 amide bonds. The van der Waals surface area contributed by atoms with E-state index < -0.39 is 5.97 Å². The molecule has 0 aliphatic carbocycles. The highest BCUT2D eigenvalue weighted by Crippen LogP contribution is 2.20. The lowest BCUT2D eigenvalue weighted by Gasteiger charge is -2.09. The molecule has 2 aromatic carbocycles. The zero-order valence-corrected chi connectivity index (χ0v) is 13.5. The van der Waals surface area contributed by atoms with E-state index in [4.69, 9.17) is 0 Å². The normalized spacial score (nSPS) is 10.4. The number of para-hydroxylation sites is 1. The summed E-state index contributed by atoms with van der Waals surface area (Å²) >= 11 is 0. The number of hydrogen-bond donors (Lipinski definition) is 2. The van der Waals surface area contributed by atoms with Gasteiger partial charge in [0.15, 0.2) is 6.29 Å². The van der Waals surface area contributed by atoms with Crippen molar-refractivity contribution in [1.29, 1.82) is 0 Å². The first-order valence-electron chi connectivity index (χ1n) is 7.64. The maximum absolute atomic E-state index is 12.4. The van der Waals surface area contributed by atoms with Crippen molar-refractivity contribution >= 4 is 34.8 Å². The molecule has 0 unspecified atom stereocenters. The van der Waals surface area contributed by atoms with Gasteiger partial charge in [0, 0.05) is 22.7 Å². The van der Waals surface area contributed by atoms with E-state index in [-0.39, 0.29) is 23.6 Å². The summed E-state index contributed by atoms with van der Waals surface area (Å²) in [5.74, 6) is -0.820. The number of benzene rings is 2. The molecule has 0 aliphatic heterocycles. The Morgan fingerprint density at radius 2 is 2.00 bits per heavy atom. The monoisotopic (exact) mass is 336 g/mol. The van der Waals surface area contributed by atoms with Crippen LogP contribution in [0.3, 0.4) is 0 Å². The minimum Gasteiger partial charge on any atom is -0.465 e. The Hall–Kier alpha value is -3.41. The summed E-state index contributed by atoms with van der Waals surface area (Å²) in [6, 6.07) is 12.1. The van der Waals surface area contributed by atoms with Gasteiger partial charge in [0.25, 0.3) is 0 Å². The summed E-state index contributed by atoms with van der Waals surface area (Å²) in [5, 5.41) is 3.66. The van der Waals surface area contributed by atoms with Crippen LogP contribution in [0.25, 0.3) is 10.9 Å². The highest BCUT2D eigenvalue weighted by molar-refractivity contribution is 6.01. The average Bonchev–Trinajstić information content (AvgIpc) is 3.04. The topological polar surface area (TPSA) is 88.3 Å². The van der Waals surface area contributed by atoms with Crippen LogP contribution in [-0.4, -0.2) is 30.3 Å². The minimum atomic E-state index is -0.537. The quantitative estimate of drug-likeness (QED) is 0.554. The third-order valence-electron chi connectivity index (χ3n) is 3.90. The molecule has 1 heterocycles. The first-order valence-corrected chi connectivity index (χ1v) is 7.64. The molecule has 6 heteroatoms. The van der Waals surface area contributed by atoms with Crippen LogP contribution in [0.2, 0.25) is 0 Å². The highest BCUT2D eigenvalue weighted by Gasteiger charge is 2.13. The summed E-state index contributed by atoms with van der Waals surface area (Å²) in [6.07, 6.45) is 2.56. The summed E-state index contributed by atoms with van der Waals surface area (Å²) in [7, 11) is 1.27. The van der Waals surface area contributed by atoms with Gasteiger partial charge in [-0.1, -0.05) is 18.2 Å². The van der Waals surface area contributed by atoms with Crippen molar-refractivity contribution in [2.24, 2.45) is 0 Å². The Labute approximate surface area is 143 Å². The van der Waals surface area contributed by atoms with Gasteiger partial charge < -0.3 is 15.0 Å². The minimum absolute atomic E-state index is 0.144. The molecule has 25 heavy (non-hydrogen) atoms. The number of methoxy groups -OCH3 is 1. The molecule has 3 rings (SSSR count). The second-order valence-electron chi connectivity index (χ2n) is 5.50. The molecule has 0 atom stereocenters. The van der Waals surface area contributed by atoms with Gasteiger partial charge in [0.05, 0.1) is 24.8 Å². The molecule has 0 saturated carbocycles. The SMILES string of the molecule is COC(=O)c1ccc(C=O)c(NC(=O)Cc2c[nH]c3ccccc23)c1. The number of aromatic amines is 1. The Bertz CT molecular complexity index is 959. The number of rotatable bonds is 5. The van der Waals surface area contributed by atoms with Crippen LogP contribution in [0.4, 0.5) is 5.69 Å². The van der Waals surface area contributed by atoms with Crippen LogP contribution in [0, 0.1) is 0 Å². The van der Waals surface area contributed by atoms with Gasteiger partial charge in [-0.2, -0.15) is 0 Å². The lowest BCUT2D eigenvalue weighted by molar-refractivity contribution is -0.115. The number of ether oxygens (including phenoxy) is 1. The summed E-state index contributed by atoms with van der Waals surface area (Å²) in [6.45, 7) is 0. The molecular formula is C19H16N2O4. The van der Waals surface area contributed by atoms with E-state index in [1.165, 1.54) is 25.3 Å². The van der Waals surface area contributed by atoms with E-state index in [1.54, 1.807) is 6.20 Å². The van der Waals surface area contributed by atoms with Crippen LogP contribution in [-0.2, 0) is 16.0 Å². The highest BCUT2D eigenvalue weighted by atomic mass is 16.5. The summed E-state index contributed by atoms with van der Waals surface area (Å²) in [5.41, 5.74) is 2.63. The van der Waals surface area contributed by atoms with Gasteiger partial charge in [-0.15, -0.1) is 0 Å². The second-order valence-corrected chi connectivity index (χ2v) is 5.50. The Kier molecular flexibility index (Phi) is 4.61. The van der Waals surface area contributed by atoms with Gasteiger partial charge in [-0.3, -0.25) is 9.59 Å². The molecule has 2 N–H and O–H groups in total. The van der Waals surface area contributed by atoms with E-state index in [9.17, 15) is 14.4 Å². The predicted octanol–water partition coefficient (Wildman–Crippen LogP) is 2.95. The largest absolute Gasteiger partial charge is 0.465 e. The smallest absolute Gasteiger partial charge is 0.337 e. The molecule has 126 valence electrons. The molecule has 0 bridgehead atoms. The Balaban J connectivity index is 1.82. The number of aromatic nitrogens is 1. The lowest BCUT2D eigenvalue weighted by Crippen LogP contribution is -2.16. The van der Waals surface area contributed by atoms with Crippen LogP contribution >= 0.6 is 0 Å². The van der Waals surface area contributed by atoms with Crippen LogP contribution < -0.4 is 5.32 Å². The van der Waals surface area contributed by atoms with Gasteiger partial charge >= 0.3 is 5.97 Å². The molecule has 0 fully saturated rings. The van der Waals surface area contributed by atoms with Crippen LogP contribution in [0.5, 0.6) is 0 Å². The molecule has 1 aromatic heterocycles. The fourth-order valence-electron chi connectivity index (χ4n) is 2.66. The van der Waals surface area contributed by atoms with Crippen molar-refractivity contribution in [2.45, 2.75) is 6.42 Å². The first kappa shape index (κ1) is 16.4. The van der Waals surface area contributed by atoms with Crippen molar-refractivity contribution in [3.8, 4) is 0 Å². The number of esters is 1. The summed E-state index contributed by atoms with van der Waals surface area (Å²) in [4.78, 5) is 38.3. The number of aldehydes is 1. The lowest BCUT2D eigenvalue weighted by atomic mass is 10.1. The molecule has 0 aliphatic rings. The fraction of sp³-hybridized carbons (Fsp3) is 0.105. The zero-order chi connectivity index (χ0) is 17.8. The van der Waals surface area contributed by atoms with E-state index in [0.717, 1.165) is 16.5 Å². The van der Waals surface area contributed by atoms with E-state index in [2.05, 4.69) is 15.0 Å². The maximum Gasteiger partial charge on any atom is 0.337 e. The van der Waals surface area contributed by atoms with Gasteiger partial charge in [-0.25, -0.2) is 4.79 Å². The molecule has 6 nitrogen and oxygen atoms in total. The number of nitrogens with one attached hydrogen (secondary N) is 2. The van der Waals surface area contributed by atoms with Gasteiger partial charge in [0.2, 0.25) is 5.91 Å². The van der Waals surface area contributed by atoms with Crippen molar-refractivity contribution in [1.82, 2.24) is 4.98 Å². The van der Waals surface area contributed by atoms with Crippen LogP contribution in [0.1, 0.15) is 26.3 Å². The molecular weight excluding hydrogens is 320 g/mol. The number of hydrogen-bond acceptors (Lipinski definition) is 4. The zero-order valence-electron chi connectivity index (χ0n) is 13.5. The Morgan fingerprint density at radius 1 is 1.20 bits per heavy atom. The van der Waals surface area contributed by atoms with E-state index in [1.807, 2.05) is 24.3 Å². The maximum atomic E-state index is 12.4. The number of carbonyl (C=O) groups excluding carboxylic acids is 3.